The Balaban J connectivity index is 2.97. The standard InChI is InChI=1S/C19H29N3O4/c1-5-12(2)16(19(25)26-4)22-18(24)15(21-17(23)13(3)20)11-14-9-7-6-8-10-14/h6-10,12-13,15-16H,5,11,20H2,1-4H3,(H,21,23)(H,22,24)/t12-,13-,15-,16-/m0/s1. The van der Waals surface area contributed by atoms with Crippen molar-refractivity contribution >= 4 is 17.8 Å². The van der Waals surface area contributed by atoms with Crippen LogP contribution in [0.15, 0.2) is 30.3 Å². The molecule has 1 rings (SSSR count). The number of hydrogen-bond donors (Lipinski definition) is 3. The molecular formula is C19H29N3O4. The Labute approximate surface area is 154 Å². The molecule has 0 radical (unpaired) electrons. The van der Waals surface area contributed by atoms with E-state index >= 15 is 0 Å². The lowest BCUT2D eigenvalue weighted by Gasteiger charge is -2.26. The number of methoxy groups -OCH3 is 1. The lowest BCUT2D eigenvalue weighted by atomic mass is 9.98. The zero-order chi connectivity index (χ0) is 19.7. The maximum Gasteiger partial charge on any atom is 0.328 e. The van der Waals surface area contributed by atoms with Crippen LogP contribution in [0, 0.1) is 5.92 Å². The first kappa shape index (κ1) is 21.6. The Morgan fingerprint density at radius 2 is 1.69 bits per heavy atom. The van der Waals surface area contributed by atoms with E-state index in [0.29, 0.717) is 12.8 Å². The number of ether oxygens (including phenoxy) is 1. The molecule has 1 aromatic rings. The summed E-state index contributed by atoms with van der Waals surface area (Å²) in [6, 6.07) is 6.95. The predicted octanol–water partition coefficient (Wildman–Crippen LogP) is 0.765. The Hall–Kier alpha value is -2.41. The highest BCUT2D eigenvalue weighted by Gasteiger charge is 2.30. The number of benzene rings is 1. The first-order chi connectivity index (χ1) is 12.3. The molecule has 0 fully saturated rings. The Bertz CT molecular complexity index is 604. The molecule has 0 saturated carbocycles. The highest BCUT2D eigenvalue weighted by atomic mass is 16.5. The normalized spacial score (nSPS) is 15.3. The maximum atomic E-state index is 12.8. The quantitative estimate of drug-likeness (QED) is 0.561. The monoisotopic (exact) mass is 363 g/mol. The van der Waals surface area contributed by atoms with Gasteiger partial charge in [0.15, 0.2) is 0 Å². The summed E-state index contributed by atoms with van der Waals surface area (Å²) in [7, 11) is 1.28. The Morgan fingerprint density at radius 1 is 1.08 bits per heavy atom. The van der Waals surface area contributed by atoms with Gasteiger partial charge in [0.25, 0.3) is 0 Å². The zero-order valence-electron chi connectivity index (χ0n) is 15.8. The number of nitrogens with one attached hydrogen (secondary N) is 2. The van der Waals surface area contributed by atoms with Gasteiger partial charge in [-0.3, -0.25) is 9.59 Å². The van der Waals surface area contributed by atoms with Crippen molar-refractivity contribution in [1.82, 2.24) is 10.6 Å². The minimum Gasteiger partial charge on any atom is -0.467 e. The average molecular weight is 363 g/mol. The number of rotatable bonds is 9. The van der Waals surface area contributed by atoms with Crippen LogP contribution >= 0.6 is 0 Å². The fraction of sp³-hybridized carbons (Fsp3) is 0.526. The lowest BCUT2D eigenvalue weighted by Crippen LogP contribution is -2.56. The molecule has 144 valence electrons. The van der Waals surface area contributed by atoms with E-state index in [2.05, 4.69) is 10.6 Å². The summed E-state index contributed by atoms with van der Waals surface area (Å²) in [4.78, 5) is 36.8. The van der Waals surface area contributed by atoms with Crippen LogP contribution in [0.1, 0.15) is 32.8 Å². The summed E-state index contributed by atoms with van der Waals surface area (Å²) in [6.07, 6.45) is 0.981. The first-order valence-corrected chi connectivity index (χ1v) is 8.78. The fourth-order valence-electron chi connectivity index (χ4n) is 2.41. The predicted molar refractivity (Wildman–Crippen MR) is 99.1 cm³/mol. The van der Waals surface area contributed by atoms with Gasteiger partial charge in [-0.05, 0) is 18.4 Å². The van der Waals surface area contributed by atoms with Crippen LogP contribution in [0.4, 0.5) is 0 Å². The number of hydrogen-bond acceptors (Lipinski definition) is 5. The van der Waals surface area contributed by atoms with Gasteiger partial charge in [0.1, 0.15) is 12.1 Å². The third kappa shape index (κ3) is 6.48. The average Bonchev–Trinajstić information content (AvgIpc) is 2.64. The molecule has 7 nitrogen and oxygen atoms in total. The second-order valence-corrected chi connectivity index (χ2v) is 6.43. The lowest BCUT2D eigenvalue weighted by molar-refractivity contribution is -0.147. The van der Waals surface area contributed by atoms with E-state index in [1.807, 2.05) is 44.2 Å². The minimum absolute atomic E-state index is 0.104. The van der Waals surface area contributed by atoms with E-state index < -0.39 is 35.9 Å². The van der Waals surface area contributed by atoms with Crippen LogP contribution in [0.2, 0.25) is 0 Å². The Kier molecular flexibility index (Phi) is 8.78. The van der Waals surface area contributed by atoms with Crippen LogP contribution in [0.5, 0.6) is 0 Å². The molecule has 0 spiro atoms. The third-order valence-corrected chi connectivity index (χ3v) is 4.30. The number of esters is 1. The van der Waals surface area contributed by atoms with Crippen molar-refractivity contribution in [2.24, 2.45) is 11.7 Å². The van der Waals surface area contributed by atoms with Crippen molar-refractivity contribution in [2.75, 3.05) is 7.11 Å². The molecule has 0 aliphatic carbocycles. The second-order valence-electron chi connectivity index (χ2n) is 6.43. The second kappa shape index (κ2) is 10.6. The maximum absolute atomic E-state index is 12.8. The van der Waals surface area contributed by atoms with Crippen LogP contribution in [0.3, 0.4) is 0 Å². The molecule has 0 heterocycles. The van der Waals surface area contributed by atoms with Gasteiger partial charge in [0.05, 0.1) is 13.2 Å². The van der Waals surface area contributed by atoms with Gasteiger partial charge >= 0.3 is 5.97 Å². The molecule has 7 heteroatoms. The van der Waals surface area contributed by atoms with E-state index in [0.717, 1.165) is 5.56 Å². The molecule has 0 aliphatic heterocycles. The minimum atomic E-state index is -0.841. The van der Waals surface area contributed by atoms with Gasteiger partial charge in [-0.15, -0.1) is 0 Å². The molecule has 4 atom stereocenters. The SMILES string of the molecule is CC[C@H](C)[C@H](NC(=O)[C@H](Cc1ccccc1)NC(=O)[C@H](C)N)C(=O)OC. The van der Waals surface area contributed by atoms with E-state index in [4.69, 9.17) is 10.5 Å². The molecule has 2 amide bonds. The smallest absolute Gasteiger partial charge is 0.328 e. The number of amides is 2. The van der Waals surface area contributed by atoms with Crippen LogP contribution in [-0.4, -0.2) is 43.0 Å². The van der Waals surface area contributed by atoms with Gasteiger partial charge in [-0.25, -0.2) is 4.79 Å². The number of carbonyl (C=O) groups is 3. The summed E-state index contributed by atoms with van der Waals surface area (Å²) < 4.78 is 4.79. The van der Waals surface area contributed by atoms with E-state index in [9.17, 15) is 14.4 Å². The summed E-state index contributed by atoms with van der Waals surface area (Å²) in [6.45, 7) is 5.32. The van der Waals surface area contributed by atoms with Gasteiger partial charge in [0, 0.05) is 6.42 Å². The van der Waals surface area contributed by atoms with Crippen molar-refractivity contribution < 1.29 is 19.1 Å². The van der Waals surface area contributed by atoms with Crippen molar-refractivity contribution in [3.63, 3.8) is 0 Å². The van der Waals surface area contributed by atoms with Crippen molar-refractivity contribution in [3.05, 3.63) is 35.9 Å². The first-order valence-electron chi connectivity index (χ1n) is 8.78. The van der Waals surface area contributed by atoms with Crippen molar-refractivity contribution in [1.29, 1.82) is 0 Å². The van der Waals surface area contributed by atoms with E-state index in [1.54, 1.807) is 6.92 Å². The number of nitrogens with two attached hydrogens (primary N) is 1. The largest absolute Gasteiger partial charge is 0.467 e. The zero-order valence-corrected chi connectivity index (χ0v) is 15.8. The van der Waals surface area contributed by atoms with Crippen LogP contribution in [-0.2, 0) is 25.5 Å². The van der Waals surface area contributed by atoms with Crippen LogP contribution in [0.25, 0.3) is 0 Å². The van der Waals surface area contributed by atoms with E-state index in [-0.39, 0.29) is 5.92 Å². The molecule has 26 heavy (non-hydrogen) atoms. The summed E-state index contributed by atoms with van der Waals surface area (Å²) in [5.74, 6) is -1.49. The highest BCUT2D eigenvalue weighted by Crippen LogP contribution is 2.11. The molecule has 0 aromatic heterocycles. The Morgan fingerprint density at radius 3 is 2.19 bits per heavy atom. The molecule has 4 N–H and O–H groups in total. The molecule has 1 aromatic carbocycles. The highest BCUT2D eigenvalue weighted by molar-refractivity contribution is 5.92. The molecule has 0 unspecified atom stereocenters. The van der Waals surface area contributed by atoms with Gasteiger partial charge < -0.3 is 21.1 Å². The van der Waals surface area contributed by atoms with Gasteiger partial charge in [-0.2, -0.15) is 0 Å². The fourth-order valence-corrected chi connectivity index (χ4v) is 2.41. The third-order valence-electron chi connectivity index (χ3n) is 4.30. The summed E-state index contributed by atoms with van der Waals surface area (Å²) in [5.41, 5.74) is 6.49. The van der Waals surface area contributed by atoms with Gasteiger partial charge in [0.2, 0.25) is 11.8 Å². The summed E-state index contributed by atoms with van der Waals surface area (Å²) >= 11 is 0. The topological polar surface area (TPSA) is 111 Å². The molecule has 0 bridgehead atoms. The van der Waals surface area contributed by atoms with Crippen LogP contribution < -0.4 is 16.4 Å². The molecule has 0 aliphatic rings. The van der Waals surface area contributed by atoms with Crippen molar-refractivity contribution in [3.8, 4) is 0 Å². The van der Waals surface area contributed by atoms with Gasteiger partial charge in [-0.1, -0.05) is 50.6 Å². The van der Waals surface area contributed by atoms with Crippen molar-refractivity contribution in [2.45, 2.75) is 51.7 Å². The van der Waals surface area contributed by atoms with E-state index in [1.165, 1.54) is 7.11 Å². The molecular weight excluding hydrogens is 334 g/mol. The molecule has 0 saturated heterocycles. The summed E-state index contributed by atoms with van der Waals surface area (Å²) in [5, 5.41) is 5.37. The number of carbonyl (C=O) groups excluding carboxylic acids is 3.